The van der Waals surface area contributed by atoms with E-state index in [9.17, 15) is 19.5 Å². The van der Waals surface area contributed by atoms with Crippen LogP contribution in [0.4, 0.5) is 4.39 Å². The summed E-state index contributed by atoms with van der Waals surface area (Å²) in [5, 5.41) is 14.9. The van der Waals surface area contributed by atoms with E-state index in [1.807, 2.05) is 6.92 Å². The molecule has 5 fully saturated rings. The quantitative estimate of drug-likeness (QED) is 0.519. The topological polar surface area (TPSA) is 111 Å². The highest BCUT2D eigenvalue weighted by molar-refractivity contribution is 6.01. The third kappa shape index (κ3) is 3.58. The SMILES string of the molecule is CC1(C)O[C@@H]2C[C@H]3[C@@H]4CCC5=CC(=O)C=C[C@]5(C)[C@@]4(F)[C@@H](O)C[C@]3(C)[C@]2(C(=O)COC(=O)C2CCNCC2)O1. The highest BCUT2D eigenvalue weighted by atomic mass is 19.1. The van der Waals surface area contributed by atoms with Gasteiger partial charge in [0.15, 0.2) is 29.4 Å². The smallest absolute Gasteiger partial charge is 0.309 e. The summed E-state index contributed by atoms with van der Waals surface area (Å²) < 4.78 is 35.9. The van der Waals surface area contributed by atoms with Crippen LogP contribution < -0.4 is 5.32 Å². The van der Waals surface area contributed by atoms with Crippen molar-refractivity contribution in [3.05, 3.63) is 23.8 Å². The molecule has 214 valence electrons. The van der Waals surface area contributed by atoms with Crippen molar-refractivity contribution in [2.24, 2.45) is 28.6 Å². The van der Waals surface area contributed by atoms with Crippen LogP contribution in [0.1, 0.15) is 66.2 Å². The van der Waals surface area contributed by atoms with Crippen LogP contribution in [-0.4, -0.2) is 71.6 Å². The van der Waals surface area contributed by atoms with Crippen molar-refractivity contribution in [2.75, 3.05) is 19.7 Å². The molecule has 3 saturated carbocycles. The van der Waals surface area contributed by atoms with Gasteiger partial charge in [0.2, 0.25) is 5.78 Å². The standard InChI is InChI=1S/C30H40FNO7/c1-26(2)38-24-14-21-20-6-5-18-13-19(33)7-10-27(18,3)29(20,31)22(34)15-28(21,4)30(24,39-26)23(35)16-37-25(36)17-8-11-32-12-9-17/h7,10,13,17,20-22,24,32,34H,5-6,8-9,11-12,14-16H2,1-4H3/t20-,21-,22-,24+,27-,28-,29-,30+/m0/s1. The van der Waals surface area contributed by atoms with Crippen molar-refractivity contribution in [1.82, 2.24) is 5.32 Å². The minimum absolute atomic E-state index is 0.0146. The summed E-state index contributed by atoms with van der Waals surface area (Å²) in [4.78, 5) is 39.0. The fourth-order valence-corrected chi connectivity index (χ4v) is 9.23. The van der Waals surface area contributed by atoms with Crippen LogP contribution in [0.5, 0.6) is 0 Å². The van der Waals surface area contributed by atoms with Gasteiger partial charge in [-0.25, -0.2) is 4.39 Å². The van der Waals surface area contributed by atoms with Gasteiger partial charge in [0.05, 0.1) is 18.1 Å². The molecular weight excluding hydrogens is 505 g/mol. The predicted octanol–water partition coefficient (Wildman–Crippen LogP) is 2.97. The Morgan fingerprint density at radius 1 is 1.15 bits per heavy atom. The van der Waals surface area contributed by atoms with Gasteiger partial charge in [-0.15, -0.1) is 0 Å². The average Bonchev–Trinajstić information content (AvgIpc) is 3.30. The number of allylic oxidation sites excluding steroid dienone is 4. The van der Waals surface area contributed by atoms with E-state index in [4.69, 9.17) is 14.2 Å². The Labute approximate surface area is 228 Å². The lowest BCUT2D eigenvalue weighted by Crippen LogP contribution is -2.70. The number of alkyl halides is 1. The zero-order valence-electron chi connectivity index (χ0n) is 23.3. The molecule has 0 unspecified atom stereocenters. The molecule has 2 N–H and O–H groups in total. The van der Waals surface area contributed by atoms with Gasteiger partial charge in [-0.3, -0.25) is 14.4 Å². The first kappa shape index (κ1) is 27.2. The van der Waals surface area contributed by atoms with E-state index in [-0.39, 0.29) is 30.0 Å². The Balaban J connectivity index is 1.33. The number of ether oxygens (including phenoxy) is 3. The first-order valence-corrected chi connectivity index (χ1v) is 14.4. The first-order chi connectivity index (χ1) is 18.3. The average molecular weight is 546 g/mol. The molecule has 0 spiro atoms. The zero-order chi connectivity index (χ0) is 28.0. The number of ketones is 2. The summed E-state index contributed by atoms with van der Waals surface area (Å²) in [7, 11) is 0. The van der Waals surface area contributed by atoms with E-state index in [0.717, 1.165) is 13.1 Å². The molecule has 4 aliphatic carbocycles. The number of piperidine rings is 1. The molecule has 0 radical (unpaired) electrons. The number of rotatable bonds is 4. The van der Waals surface area contributed by atoms with Crippen molar-refractivity contribution in [3.63, 3.8) is 0 Å². The highest BCUT2D eigenvalue weighted by Crippen LogP contribution is 2.72. The van der Waals surface area contributed by atoms with Gasteiger partial charge in [0.1, 0.15) is 0 Å². The zero-order valence-corrected chi connectivity index (χ0v) is 23.3. The van der Waals surface area contributed by atoms with Crippen LogP contribution in [0.3, 0.4) is 0 Å². The van der Waals surface area contributed by atoms with Crippen LogP contribution in [0.2, 0.25) is 0 Å². The summed E-state index contributed by atoms with van der Waals surface area (Å²) in [5.41, 5.74) is -4.86. The van der Waals surface area contributed by atoms with Crippen LogP contribution in [-0.2, 0) is 28.6 Å². The number of carbonyl (C=O) groups excluding carboxylic acids is 3. The van der Waals surface area contributed by atoms with Crippen LogP contribution in [0.15, 0.2) is 23.8 Å². The summed E-state index contributed by atoms with van der Waals surface area (Å²) in [6, 6.07) is 0. The second kappa shape index (κ2) is 8.78. The summed E-state index contributed by atoms with van der Waals surface area (Å²) in [5.74, 6) is -3.16. The lowest BCUT2D eigenvalue weighted by molar-refractivity contribution is -0.246. The molecule has 6 aliphatic rings. The molecule has 6 rings (SSSR count). The van der Waals surface area contributed by atoms with E-state index in [1.54, 1.807) is 26.8 Å². The van der Waals surface area contributed by atoms with E-state index in [1.165, 1.54) is 12.2 Å². The fourth-order valence-electron chi connectivity index (χ4n) is 9.23. The lowest BCUT2D eigenvalue weighted by Gasteiger charge is -2.62. The van der Waals surface area contributed by atoms with Gasteiger partial charge in [-0.1, -0.05) is 18.6 Å². The Morgan fingerprint density at radius 2 is 1.87 bits per heavy atom. The van der Waals surface area contributed by atoms with E-state index in [2.05, 4.69) is 5.32 Å². The molecule has 8 atom stereocenters. The predicted molar refractivity (Wildman–Crippen MR) is 138 cm³/mol. The maximum absolute atomic E-state index is 17.5. The maximum atomic E-state index is 17.5. The molecule has 2 aliphatic heterocycles. The van der Waals surface area contributed by atoms with Gasteiger partial charge in [0, 0.05) is 16.7 Å². The number of aliphatic hydroxyl groups excluding tert-OH is 1. The molecule has 0 amide bonds. The van der Waals surface area contributed by atoms with Crippen molar-refractivity contribution in [1.29, 1.82) is 0 Å². The Bertz CT molecular complexity index is 1160. The van der Waals surface area contributed by atoms with Gasteiger partial charge < -0.3 is 24.6 Å². The third-order valence-electron chi connectivity index (χ3n) is 11.1. The maximum Gasteiger partial charge on any atom is 0.309 e. The Kier molecular flexibility index (Phi) is 6.13. The molecular formula is C30H40FNO7. The molecule has 0 aromatic carbocycles. The van der Waals surface area contributed by atoms with Crippen LogP contribution >= 0.6 is 0 Å². The van der Waals surface area contributed by atoms with Crippen molar-refractivity contribution in [3.8, 4) is 0 Å². The number of esters is 1. The molecule has 2 heterocycles. The van der Waals surface area contributed by atoms with Gasteiger partial charge in [-0.2, -0.15) is 0 Å². The highest BCUT2D eigenvalue weighted by Gasteiger charge is 2.80. The number of carbonyl (C=O) groups is 3. The van der Waals surface area contributed by atoms with E-state index in [0.29, 0.717) is 37.7 Å². The number of Topliss-reactive ketones (excluding diaryl/α,β-unsaturated/α-hetero) is 1. The van der Waals surface area contributed by atoms with Crippen molar-refractivity contribution < 1.29 is 38.1 Å². The first-order valence-electron chi connectivity index (χ1n) is 14.4. The molecule has 0 bridgehead atoms. The molecule has 0 aromatic rings. The van der Waals surface area contributed by atoms with Crippen molar-refractivity contribution >= 4 is 17.5 Å². The largest absolute Gasteiger partial charge is 0.457 e. The van der Waals surface area contributed by atoms with Gasteiger partial charge in [-0.05, 0) is 90.5 Å². The molecule has 8 nitrogen and oxygen atoms in total. The molecule has 39 heavy (non-hydrogen) atoms. The Hall–Kier alpha value is -1.94. The van der Waals surface area contributed by atoms with Gasteiger partial charge >= 0.3 is 5.97 Å². The second-order valence-corrected chi connectivity index (χ2v) is 13.4. The number of halogens is 1. The van der Waals surface area contributed by atoms with Crippen LogP contribution in [0.25, 0.3) is 0 Å². The summed E-state index contributed by atoms with van der Waals surface area (Å²) >= 11 is 0. The number of nitrogens with one attached hydrogen (secondary N) is 1. The summed E-state index contributed by atoms with van der Waals surface area (Å²) in [6.07, 6.45) is 5.16. The Morgan fingerprint density at radius 3 is 2.59 bits per heavy atom. The normalized spacial score (nSPS) is 46.5. The number of fused-ring (bicyclic) bond motifs is 7. The monoisotopic (exact) mass is 545 g/mol. The van der Waals surface area contributed by atoms with Crippen LogP contribution in [0, 0.1) is 28.6 Å². The number of aliphatic hydroxyl groups is 1. The lowest BCUT2D eigenvalue weighted by atomic mass is 9.44. The van der Waals surface area contributed by atoms with E-state index < -0.39 is 58.4 Å². The minimum atomic E-state index is -2.02. The minimum Gasteiger partial charge on any atom is -0.457 e. The molecule has 2 saturated heterocycles. The van der Waals surface area contributed by atoms with E-state index >= 15 is 4.39 Å². The van der Waals surface area contributed by atoms with Gasteiger partial charge in [0.25, 0.3) is 0 Å². The fraction of sp³-hybridized carbons (Fsp3) is 0.767. The molecule has 9 heteroatoms. The number of hydrogen-bond acceptors (Lipinski definition) is 8. The third-order valence-corrected chi connectivity index (χ3v) is 11.1. The second-order valence-electron chi connectivity index (χ2n) is 13.4. The number of hydrogen-bond donors (Lipinski definition) is 2. The summed E-state index contributed by atoms with van der Waals surface area (Å²) in [6.45, 7) is 8.20. The molecule has 0 aromatic heterocycles. The van der Waals surface area contributed by atoms with Crippen molar-refractivity contribution in [2.45, 2.75) is 95.5 Å².